The van der Waals surface area contributed by atoms with E-state index in [0.717, 1.165) is 61.2 Å². The predicted molar refractivity (Wildman–Crippen MR) is 132 cm³/mol. The van der Waals surface area contributed by atoms with E-state index in [1.807, 2.05) is 25.1 Å². The molecule has 0 unspecified atom stereocenters. The Labute approximate surface area is 201 Å². The summed E-state index contributed by atoms with van der Waals surface area (Å²) in [5, 5.41) is 1.52. The third-order valence-corrected chi connectivity index (χ3v) is 7.68. The molecule has 4 rings (SSSR count). The van der Waals surface area contributed by atoms with Crippen LogP contribution in [0.25, 0.3) is 0 Å². The zero-order chi connectivity index (χ0) is 23.0. The minimum Gasteiger partial charge on any atom is -0.459 e. The van der Waals surface area contributed by atoms with E-state index >= 15 is 0 Å². The van der Waals surface area contributed by atoms with Gasteiger partial charge in [0.25, 0.3) is 0 Å². The Balaban J connectivity index is 1.39. The van der Waals surface area contributed by atoms with E-state index in [-0.39, 0.29) is 11.6 Å². The van der Waals surface area contributed by atoms with Crippen LogP contribution in [0.4, 0.5) is 5.69 Å². The number of nitrogens with zero attached hydrogens (tertiary/aromatic N) is 2. The molecule has 2 aliphatic heterocycles. The molecule has 0 spiro atoms. The Morgan fingerprint density at radius 3 is 2.19 bits per heavy atom. The van der Waals surface area contributed by atoms with E-state index in [0.29, 0.717) is 5.92 Å². The van der Waals surface area contributed by atoms with Crippen molar-refractivity contribution in [1.29, 1.82) is 0 Å². The van der Waals surface area contributed by atoms with Crippen LogP contribution < -0.4 is 4.90 Å². The normalized spacial score (nSPS) is 19.0. The molecule has 0 radical (unpaired) electrons. The van der Waals surface area contributed by atoms with Gasteiger partial charge >= 0.3 is 5.97 Å². The van der Waals surface area contributed by atoms with Crippen molar-refractivity contribution >= 4 is 34.9 Å². The lowest BCUT2D eigenvalue weighted by molar-refractivity contribution is -0.159. The Morgan fingerprint density at radius 1 is 1.09 bits per heavy atom. The minimum absolute atomic E-state index is 0.187. The smallest absolute Gasteiger partial charge is 0.303 e. The molecular formula is C26H32Cl2N2O2. The van der Waals surface area contributed by atoms with Crippen molar-refractivity contribution in [2.24, 2.45) is 0 Å². The second-order valence-electron chi connectivity index (χ2n) is 9.62. The van der Waals surface area contributed by atoms with Crippen molar-refractivity contribution in [1.82, 2.24) is 4.90 Å². The molecule has 2 aromatic rings. The van der Waals surface area contributed by atoms with E-state index in [2.05, 4.69) is 35.8 Å². The van der Waals surface area contributed by atoms with Gasteiger partial charge in [-0.05, 0) is 80.1 Å². The van der Waals surface area contributed by atoms with E-state index < -0.39 is 0 Å². The maximum absolute atomic E-state index is 11.4. The van der Waals surface area contributed by atoms with Crippen LogP contribution in [-0.4, -0.2) is 42.6 Å². The second kappa shape index (κ2) is 9.24. The van der Waals surface area contributed by atoms with Crippen LogP contribution >= 0.6 is 23.2 Å². The largest absolute Gasteiger partial charge is 0.459 e. The van der Waals surface area contributed by atoms with Crippen LogP contribution in [0.3, 0.4) is 0 Å². The topological polar surface area (TPSA) is 32.8 Å². The average Bonchev–Trinajstić information content (AvgIpc) is 2.66. The number of halogens is 2. The summed E-state index contributed by atoms with van der Waals surface area (Å²) in [6, 6.07) is 10.3. The van der Waals surface area contributed by atoms with Crippen LogP contribution in [0.15, 0.2) is 30.3 Å². The SMILES string of the molecule is CC(=O)OC1(C)CCN(Cc2c(C)cc(N3CC(c4c(Cl)cccc4Cl)C3)cc2C)CC1. The number of ether oxygens (including phenoxy) is 1. The van der Waals surface area contributed by atoms with Crippen molar-refractivity contribution in [3.05, 3.63) is 62.6 Å². The summed E-state index contributed by atoms with van der Waals surface area (Å²) >= 11 is 12.8. The average molecular weight is 475 g/mol. The molecule has 32 heavy (non-hydrogen) atoms. The predicted octanol–water partition coefficient (Wildman–Crippen LogP) is 6.13. The Kier molecular flexibility index (Phi) is 6.76. The number of esters is 1. The highest BCUT2D eigenvalue weighted by atomic mass is 35.5. The van der Waals surface area contributed by atoms with Gasteiger partial charge in [-0.25, -0.2) is 0 Å². The molecule has 2 aliphatic rings. The number of hydrogen-bond acceptors (Lipinski definition) is 4. The summed E-state index contributed by atoms with van der Waals surface area (Å²) in [5.41, 5.74) is 6.07. The molecule has 2 fully saturated rings. The van der Waals surface area contributed by atoms with Gasteiger partial charge in [-0.1, -0.05) is 29.3 Å². The maximum Gasteiger partial charge on any atom is 0.303 e. The fourth-order valence-corrected chi connectivity index (χ4v) is 5.74. The zero-order valence-electron chi connectivity index (χ0n) is 19.4. The third-order valence-electron chi connectivity index (χ3n) is 7.02. The van der Waals surface area contributed by atoms with Gasteiger partial charge in [0.2, 0.25) is 0 Å². The first-order valence-electron chi connectivity index (χ1n) is 11.4. The molecule has 172 valence electrons. The lowest BCUT2D eigenvalue weighted by Crippen LogP contribution is -2.45. The van der Waals surface area contributed by atoms with Crippen molar-refractivity contribution < 1.29 is 9.53 Å². The molecule has 0 saturated carbocycles. The molecule has 0 amide bonds. The highest BCUT2D eigenvalue weighted by Crippen LogP contribution is 2.39. The van der Waals surface area contributed by atoms with Crippen molar-refractivity contribution in [3.63, 3.8) is 0 Å². The van der Waals surface area contributed by atoms with Gasteiger partial charge in [0.1, 0.15) is 5.60 Å². The lowest BCUT2D eigenvalue weighted by atomic mass is 9.89. The number of piperidine rings is 1. The number of likely N-dealkylation sites (tertiary alicyclic amines) is 1. The van der Waals surface area contributed by atoms with E-state index in [9.17, 15) is 4.79 Å². The molecule has 2 aromatic carbocycles. The van der Waals surface area contributed by atoms with Gasteiger partial charge in [0.05, 0.1) is 0 Å². The quantitative estimate of drug-likeness (QED) is 0.487. The fourth-order valence-electron chi connectivity index (χ4n) is 5.03. The third kappa shape index (κ3) is 4.93. The summed E-state index contributed by atoms with van der Waals surface area (Å²) < 4.78 is 5.55. The number of carbonyl (C=O) groups excluding carboxylic acids is 1. The number of rotatable bonds is 5. The lowest BCUT2D eigenvalue weighted by Gasteiger charge is -2.42. The summed E-state index contributed by atoms with van der Waals surface area (Å²) in [4.78, 5) is 16.3. The van der Waals surface area contributed by atoms with Crippen LogP contribution in [-0.2, 0) is 16.1 Å². The first kappa shape index (κ1) is 23.4. The second-order valence-corrected chi connectivity index (χ2v) is 10.4. The first-order valence-corrected chi connectivity index (χ1v) is 12.1. The molecule has 0 N–H and O–H groups in total. The first-order chi connectivity index (χ1) is 15.1. The summed E-state index contributed by atoms with van der Waals surface area (Å²) in [5.74, 6) is 0.185. The number of carbonyl (C=O) groups is 1. The van der Waals surface area contributed by atoms with Gasteiger partial charge in [-0.15, -0.1) is 0 Å². The molecule has 2 heterocycles. The van der Waals surface area contributed by atoms with Gasteiger partial charge in [0.15, 0.2) is 0 Å². The maximum atomic E-state index is 11.4. The van der Waals surface area contributed by atoms with Crippen LogP contribution in [0.1, 0.15) is 54.9 Å². The Hall–Kier alpha value is -1.75. The minimum atomic E-state index is -0.325. The van der Waals surface area contributed by atoms with Gasteiger partial charge in [-0.3, -0.25) is 9.69 Å². The highest BCUT2D eigenvalue weighted by Gasteiger charge is 2.34. The molecule has 0 bridgehead atoms. The number of benzene rings is 2. The molecular weight excluding hydrogens is 443 g/mol. The highest BCUT2D eigenvalue weighted by molar-refractivity contribution is 6.36. The molecule has 4 nitrogen and oxygen atoms in total. The number of hydrogen-bond donors (Lipinski definition) is 0. The van der Waals surface area contributed by atoms with Crippen molar-refractivity contribution in [2.75, 3.05) is 31.1 Å². The fraction of sp³-hybridized carbons (Fsp3) is 0.500. The van der Waals surface area contributed by atoms with Crippen molar-refractivity contribution in [3.8, 4) is 0 Å². The molecule has 0 atom stereocenters. The van der Waals surface area contributed by atoms with Gasteiger partial charge in [0, 0.05) is 61.3 Å². The van der Waals surface area contributed by atoms with Crippen LogP contribution in [0, 0.1) is 13.8 Å². The Morgan fingerprint density at radius 2 is 1.66 bits per heavy atom. The van der Waals surface area contributed by atoms with E-state index in [1.165, 1.54) is 29.3 Å². The summed E-state index contributed by atoms with van der Waals surface area (Å²) in [6.07, 6.45) is 1.76. The monoisotopic (exact) mass is 474 g/mol. The van der Waals surface area contributed by atoms with Gasteiger partial charge in [-0.2, -0.15) is 0 Å². The summed E-state index contributed by atoms with van der Waals surface area (Å²) in [6.45, 7) is 12.6. The number of aryl methyl sites for hydroxylation is 2. The van der Waals surface area contributed by atoms with Crippen LogP contribution in [0.2, 0.25) is 10.0 Å². The molecule has 0 aliphatic carbocycles. The van der Waals surface area contributed by atoms with E-state index in [1.54, 1.807) is 0 Å². The molecule has 2 saturated heterocycles. The van der Waals surface area contributed by atoms with Gasteiger partial charge < -0.3 is 9.64 Å². The zero-order valence-corrected chi connectivity index (χ0v) is 20.9. The molecule has 0 aromatic heterocycles. The van der Waals surface area contributed by atoms with Crippen molar-refractivity contribution in [2.45, 2.75) is 58.6 Å². The number of anilines is 1. The van der Waals surface area contributed by atoms with Crippen LogP contribution in [0.5, 0.6) is 0 Å². The summed E-state index contributed by atoms with van der Waals surface area (Å²) in [7, 11) is 0. The van der Waals surface area contributed by atoms with E-state index in [4.69, 9.17) is 27.9 Å². The molecule has 6 heteroatoms. The Bertz CT molecular complexity index is 966. The standard InChI is InChI=1S/C26H32Cl2N2O2/c1-17-12-21(30-14-20(15-30)25-23(27)6-5-7-24(25)28)13-18(2)22(17)16-29-10-8-26(4,9-11-29)32-19(3)31/h5-7,12-13,20H,8-11,14-16H2,1-4H3.